The highest BCUT2D eigenvalue weighted by Gasteiger charge is 2.35. The van der Waals surface area contributed by atoms with E-state index in [1.807, 2.05) is 61.5 Å². The average Bonchev–Trinajstić information content (AvgIpc) is 3.56. The van der Waals surface area contributed by atoms with Crippen LogP contribution in [0.5, 0.6) is 0 Å². The summed E-state index contributed by atoms with van der Waals surface area (Å²) in [6.07, 6.45) is 4.18. The van der Waals surface area contributed by atoms with Crippen molar-refractivity contribution >= 4 is 59.4 Å². The Hall–Kier alpha value is -3.47. The summed E-state index contributed by atoms with van der Waals surface area (Å²) < 4.78 is 31.1. The van der Waals surface area contributed by atoms with E-state index in [4.69, 9.17) is 0 Å². The van der Waals surface area contributed by atoms with Gasteiger partial charge in [0.05, 0.1) is 10.6 Å². The quantitative estimate of drug-likeness (QED) is 0.163. The third kappa shape index (κ3) is 8.66. The maximum Gasteiger partial charge on any atom is 0.264 e. The Labute approximate surface area is 288 Å². The molecule has 5 rings (SSSR count). The number of anilines is 1. The minimum absolute atomic E-state index is 0.0524. The van der Waals surface area contributed by atoms with Gasteiger partial charge in [0, 0.05) is 28.0 Å². The number of amides is 2. The van der Waals surface area contributed by atoms with Crippen molar-refractivity contribution in [2.45, 2.75) is 62.6 Å². The van der Waals surface area contributed by atoms with Crippen molar-refractivity contribution < 1.29 is 18.0 Å². The first-order valence-electron chi connectivity index (χ1n) is 15.3. The Bertz CT molecular complexity index is 1730. The van der Waals surface area contributed by atoms with E-state index in [9.17, 15) is 18.0 Å². The van der Waals surface area contributed by atoms with Crippen molar-refractivity contribution in [3.05, 3.63) is 129 Å². The number of nitrogens with zero attached hydrogens (tertiary/aromatic N) is 2. The lowest BCUT2D eigenvalue weighted by Crippen LogP contribution is -2.54. The first-order chi connectivity index (χ1) is 22.1. The zero-order valence-corrected chi connectivity index (χ0v) is 29.6. The number of sulfonamides is 1. The number of hydrogen-bond acceptors (Lipinski definition) is 4. The molecule has 0 heterocycles. The summed E-state index contributed by atoms with van der Waals surface area (Å²) >= 11 is 6.90. The van der Waals surface area contributed by atoms with Crippen LogP contribution in [-0.4, -0.2) is 43.8 Å². The lowest BCUT2D eigenvalue weighted by molar-refractivity contribution is -0.140. The normalized spacial score (nSPS) is 14.1. The van der Waals surface area contributed by atoms with E-state index in [1.165, 1.54) is 4.90 Å². The van der Waals surface area contributed by atoms with Crippen molar-refractivity contribution in [1.82, 2.24) is 10.2 Å². The van der Waals surface area contributed by atoms with Gasteiger partial charge >= 0.3 is 0 Å². The molecule has 0 aliphatic heterocycles. The van der Waals surface area contributed by atoms with E-state index in [2.05, 4.69) is 37.2 Å². The third-order valence-corrected chi connectivity index (χ3v) is 11.1. The van der Waals surface area contributed by atoms with Gasteiger partial charge in [-0.05, 0) is 79.4 Å². The van der Waals surface area contributed by atoms with Gasteiger partial charge in [-0.3, -0.25) is 13.9 Å². The molecule has 1 fully saturated rings. The zero-order chi connectivity index (χ0) is 32.7. The first kappa shape index (κ1) is 33.9. The molecule has 7 nitrogen and oxygen atoms in total. The number of carbonyl (C=O) groups is 2. The minimum atomic E-state index is -4.15. The summed E-state index contributed by atoms with van der Waals surface area (Å²) in [6.45, 7) is 1.52. The number of rotatable bonds is 12. The monoisotopic (exact) mass is 765 g/mol. The Morgan fingerprint density at radius 3 is 2.00 bits per heavy atom. The first-order valence-corrected chi connectivity index (χ1v) is 18.4. The number of hydrogen-bond donors (Lipinski definition) is 1. The number of aryl methyl sites for hydroxylation is 1. The smallest absolute Gasteiger partial charge is 0.264 e. The molecular weight excluding hydrogens is 730 g/mol. The van der Waals surface area contributed by atoms with E-state index in [-0.39, 0.29) is 29.8 Å². The van der Waals surface area contributed by atoms with Crippen LogP contribution in [0.4, 0.5) is 5.69 Å². The highest BCUT2D eigenvalue weighted by molar-refractivity contribution is 9.10. The molecule has 4 aromatic rings. The Balaban J connectivity index is 1.55. The standard InChI is InChI=1S/C36H37Br2N3O4S/c1-26-11-21-33(22-12-26)46(44,45)41(32-19-17-30(38)18-20-32)25-35(42)40(24-28-13-15-29(37)16-14-28)34(23-27-7-3-2-4-8-27)36(43)39-31-9-5-6-10-31/h2-4,7-8,11-22,31,34H,5-6,9-10,23-25H2,1H3,(H,39,43)/t34-/m1/s1. The molecule has 0 radical (unpaired) electrons. The van der Waals surface area contributed by atoms with Crippen LogP contribution in [0.25, 0.3) is 0 Å². The molecule has 2 amide bonds. The predicted molar refractivity (Wildman–Crippen MR) is 189 cm³/mol. The second-order valence-corrected chi connectivity index (χ2v) is 15.3. The molecule has 1 aliphatic carbocycles. The molecule has 0 unspecified atom stereocenters. The van der Waals surface area contributed by atoms with Crippen LogP contribution in [0.15, 0.2) is 117 Å². The molecule has 1 N–H and O–H groups in total. The zero-order valence-electron chi connectivity index (χ0n) is 25.6. The molecule has 4 aromatic carbocycles. The highest BCUT2D eigenvalue weighted by Crippen LogP contribution is 2.27. The van der Waals surface area contributed by atoms with Crippen LogP contribution < -0.4 is 9.62 Å². The molecular formula is C36H37Br2N3O4S. The number of benzene rings is 4. The molecule has 0 bridgehead atoms. The summed E-state index contributed by atoms with van der Waals surface area (Å²) in [4.78, 5) is 30.3. The predicted octanol–water partition coefficient (Wildman–Crippen LogP) is 7.41. The summed E-state index contributed by atoms with van der Waals surface area (Å²) in [6, 6.07) is 29.7. The van der Waals surface area contributed by atoms with E-state index >= 15 is 0 Å². The van der Waals surface area contributed by atoms with Gasteiger partial charge < -0.3 is 10.2 Å². The second-order valence-electron chi connectivity index (χ2n) is 11.6. The lowest BCUT2D eigenvalue weighted by Gasteiger charge is -2.34. The maximum atomic E-state index is 14.6. The Morgan fingerprint density at radius 2 is 1.39 bits per heavy atom. The van der Waals surface area contributed by atoms with E-state index in [0.29, 0.717) is 5.69 Å². The van der Waals surface area contributed by atoms with Gasteiger partial charge in [-0.15, -0.1) is 0 Å². The molecule has 46 heavy (non-hydrogen) atoms. The number of nitrogens with one attached hydrogen (secondary N) is 1. The van der Waals surface area contributed by atoms with Crippen LogP contribution in [0, 0.1) is 6.92 Å². The van der Waals surface area contributed by atoms with Crippen LogP contribution in [0.1, 0.15) is 42.4 Å². The second kappa shape index (κ2) is 15.4. The molecule has 0 aromatic heterocycles. The molecule has 10 heteroatoms. The van der Waals surface area contributed by atoms with Gasteiger partial charge in [0.2, 0.25) is 11.8 Å². The fourth-order valence-corrected chi connectivity index (χ4v) is 7.62. The van der Waals surface area contributed by atoms with Crippen LogP contribution >= 0.6 is 31.9 Å². The SMILES string of the molecule is Cc1ccc(S(=O)(=O)N(CC(=O)N(Cc2ccc(Br)cc2)[C@H](Cc2ccccc2)C(=O)NC2CCCC2)c2ccc(Br)cc2)cc1. The van der Waals surface area contributed by atoms with E-state index in [1.54, 1.807) is 48.5 Å². The molecule has 0 saturated heterocycles. The fraction of sp³-hybridized carbons (Fsp3) is 0.278. The molecule has 240 valence electrons. The van der Waals surface area contributed by atoms with Crippen molar-refractivity contribution in [2.24, 2.45) is 0 Å². The van der Waals surface area contributed by atoms with Gasteiger partial charge in [0.25, 0.3) is 10.0 Å². The van der Waals surface area contributed by atoms with Crippen LogP contribution in [0.3, 0.4) is 0 Å². The average molecular weight is 768 g/mol. The van der Waals surface area contributed by atoms with E-state index < -0.39 is 28.5 Å². The van der Waals surface area contributed by atoms with Crippen molar-refractivity contribution in [2.75, 3.05) is 10.8 Å². The van der Waals surface area contributed by atoms with Crippen molar-refractivity contribution in [3.8, 4) is 0 Å². The van der Waals surface area contributed by atoms with Gasteiger partial charge in [-0.25, -0.2) is 8.42 Å². The van der Waals surface area contributed by atoms with Crippen molar-refractivity contribution in [3.63, 3.8) is 0 Å². The third-order valence-electron chi connectivity index (χ3n) is 8.24. The molecule has 1 aliphatic rings. The summed E-state index contributed by atoms with van der Waals surface area (Å²) in [5, 5.41) is 3.20. The summed E-state index contributed by atoms with van der Waals surface area (Å²) in [5.74, 6) is -0.721. The Kier molecular flexibility index (Phi) is 11.4. The van der Waals surface area contributed by atoms with Crippen LogP contribution in [0.2, 0.25) is 0 Å². The minimum Gasteiger partial charge on any atom is -0.352 e. The fourth-order valence-electron chi connectivity index (χ4n) is 5.68. The highest BCUT2D eigenvalue weighted by atomic mass is 79.9. The molecule has 1 saturated carbocycles. The summed E-state index contributed by atoms with van der Waals surface area (Å²) in [5.41, 5.74) is 2.98. The summed E-state index contributed by atoms with van der Waals surface area (Å²) in [7, 11) is -4.15. The van der Waals surface area contributed by atoms with Gasteiger partial charge in [-0.1, -0.05) is 105 Å². The van der Waals surface area contributed by atoms with Crippen molar-refractivity contribution in [1.29, 1.82) is 0 Å². The topological polar surface area (TPSA) is 86.8 Å². The van der Waals surface area contributed by atoms with Gasteiger partial charge in [0.15, 0.2) is 0 Å². The lowest BCUT2D eigenvalue weighted by atomic mass is 10.0. The van der Waals surface area contributed by atoms with E-state index in [0.717, 1.165) is 55.6 Å². The number of carbonyl (C=O) groups excluding carboxylic acids is 2. The maximum absolute atomic E-state index is 14.6. The molecule has 0 spiro atoms. The van der Waals surface area contributed by atoms with Gasteiger partial charge in [-0.2, -0.15) is 0 Å². The Morgan fingerprint density at radius 1 is 0.804 bits per heavy atom. The number of halogens is 2. The largest absolute Gasteiger partial charge is 0.352 e. The molecule has 1 atom stereocenters. The van der Waals surface area contributed by atoms with Gasteiger partial charge in [0.1, 0.15) is 12.6 Å². The van der Waals surface area contributed by atoms with Crippen LogP contribution in [-0.2, 0) is 32.6 Å².